The number of nitriles is 1. The predicted molar refractivity (Wildman–Crippen MR) is 44.1 cm³/mol. The maximum Gasteiger partial charge on any atom is 0.573 e. The van der Waals surface area contributed by atoms with Gasteiger partial charge in [-0.1, -0.05) is 6.07 Å². The van der Waals surface area contributed by atoms with Crippen LogP contribution in [0.2, 0.25) is 0 Å². The molecule has 0 saturated carbocycles. The molecule has 0 atom stereocenters. The number of phenolic OH excluding ortho intramolecular Hbond substituents is 1. The maximum atomic E-state index is 11.9. The van der Waals surface area contributed by atoms with Gasteiger partial charge in [0.2, 0.25) is 0 Å². The Bertz CT molecular complexity index is 395. The van der Waals surface area contributed by atoms with Crippen molar-refractivity contribution in [2.24, 2.45) is 0 Å². The number of phenols is 1. The number of hydrogen-bond acceptors (Lipinski definition) is 3. The Balaban J connectivity index is 3.03. The molecule has 6 heteroatoms. The van der Waals surface area contributed by atoms with Crippen LogP contribution in [0.3, 0.4) is 0 Å². The summed E-state index contributed by atoms with van der Waals surface area (Å²) in [5.74, 6) is -0.903. The van der Waals surface area contributed by atoms with E-state index in [0.29, 0.717) is 0 Å². The van der Waals surface area contributed by atoms with Crippen molar-refractivity contribution in [3.05, 3.63) is 23.8 Å². The van der Waals surface area contributed by atoms with Crippen LogP contribution in [-0.2, 0) is 6.42 Å². The summed E-state index contributed by atoms with van der Waals surface area (Å²) < 4.78 is 39.4. The zero-order valence-corrected chi connectivity index (χ0v) is 7.38. The molecule has 0 aliphatic rings. The van der Waals surface area contributed by atoms with Gasteiger partial charge < -0.3 is 9.84 Å². The highest BCUT2D eigenvalue weighted by Gasteiger charge is 2.32. The lowest BCUT2D eigenvalue weighted by molar-refractivity contribution is -0.274. The Labute approximate surface area is 83.3 Å². The van der Waals surface area contributed by atoms with Crippen LogP contribution < -0.4 is 4.74 Å². The van der Waals surface area contributed by atoms with Crippen LogP contribution in [0.1, 0.15) is 5.56 Å². The van der Waals surface area contributed by atoms with Crippen LogP contribution in [0.15, 0.2) is 18.2 Å². The highest BCUT2D eigenvalue weighted by Crippen LogP contribution is 2.29. The minimum Gasteiger partial charge on any atom is -0.508 e. The van der Waals surface area contributed by atoms with Crippen LogP contribution >= 0.6 is 0 Å². The molecule has 1 aromatic rings. The van der Waals surface area contributed by atoms with Gasteiger partial charge in [-0.25, -0.2) is 0 Å². The number of alkyl halides is 3. The van der Waals surface area contributed by atoms with E-state index < -0.39 is 12.1 Å². The molecule has 1 aromatic carbocycles. The molecule has 0 bridgehead atoms. The number of rotatable bonds is 2. The molecule has 0 unspecified atom stereocenters. The predicted octanol–water partition coefficient (Wildman–Crippen LogP) is 2.36. The summed E-state index contributed by atoms with van der Waals surface area (Å²) in [5, 5.41) is 17.3. The van der Waals surface area contributed by atoms with Crippen LogP contribution in [0.4, 0.5) is 13.2 Å². The van der Waals surface area contributed by atoms with E-state index in [-0.39, 0.29) is 17.7 Å². The third-order valence-corrected chi connectivity index (χ3v) is 1.55. The van der Waals surface area contributed by atoms with E-state index in [4.69, 9.17) is 10.4 Å². The first kappa shape index (κ1) is 11.2. The van der Waals surface area contributed by atoms with Crippen LogP contribution in [0, 0.1) is 11.3 Å². The molecule has 15 heavy (non-hydrogen) atoms. The molecule has 1 rings (SSSR count). The zero-order valence-electron chi connectivity index (χ0n) is 7.38. The highest BCUT2D eigenvalue weighted by molar-refractivity contribution is 5.41. The van der Waals surface area contributed by atoms with Gasteiger partial charge in [-0.3, -0.25) is 0 Å². The molecule has 80 valence electrons. The summed E-state index contributed by atoms with van der Waals surface area (Å²) in [7, 11) is 0. The third-order valence-electron chi connectivity index (χ3n) is 1.55. The van der Waals surface area contributed by atoms with Crippen LogP contribution in [0.25, 0.3) is 0 Å². The maximum absolute atomic E-state index is 11.9. The fraction of sp³-hybridized carbons (Fsp3) is 0.222. The summed E-state index contributed by atoms with van der Waals surface area (Å²) in [4.78, 5) is 0. The lowest BCUT2D eigenvalue weighted by Gasteiger charge is -2.11. The second-order valence-corrected chi connectivity index (χ2v) is 2.67. The van der Waals surface area contributed by atoms with Gasteiger partial charge >= 0.3 is 6.36 Å². The average molecular weight is 217 g/mol. The number of aromatic hydroxyl groups is 1. The van der Waals surface area contributed by atoms with Crippen molar-refractivity contribution in [1.29, 1.82) is 5.26 Å². The van der Waals surface area contributed by atoms with Gasteiger partial charge in [0, 0.05) is 11.6 Å². The molecule has 0 aliphatic heterocycles. The van der Waals surface area contributed by atoms with E-state index in [0.717, 1.165) is 6.07 Å². The number of nitrogens with zero attached hydrogens (tertiary/aromatic N) is 1. The van der Waals surface area contributed by atoms with Crippen LogP contribution in [-0.4, -0.2) is 11.5 Å². The summed E-state index contributed by atoms with van der Waals surface area (Å²) >= 11 is 0. The summed E-state index contributed by atoms with van der Waals surface area (Å²) in [5.41, 5.74) is 0.0765. The van der Waals surface area contributed by atoms with Gasteiger partial charge in [0.1, 0.15) is 11.5 Å². The summed E-state index contributed by atoms with van der Waals surface area (Å²) in [6.45, 7) is 0. The SMILES string of the molecule is N#CCc1ccc(O)cc1OC(F)(F)F. The van der Waals surface area contributed by atoms with E-state index >= 15 is 0 Å². The first-order chi connectivity index (χ1) is 6.92. The number of benzene rings is 1. The molecule has 0 fully saturated rings. The summed E-state index contributed by atoms with van der Waals surface area (Å²) in [6, 6.07) is 4.92. The lowest BCUT2D eigenvalue weighted by atomic mass is 10.1. The monoisotopic (exact) mass is 217 g/mol. The van der Waals surface area contributed by atoms with Crippen molar-refractivity contribution in [1.82, 2.24) is 0 Å². The fourth-order valence-corrected chi connectivity index (χ4v) is 0.994. The quantitative estimate of drug-likeness (QED) is 0.827. The minimum atomic E-state index is -4.84. The Morgan fingerprint density at radius 2 is 2.07 bits per heavy atom. The molecule has 0 saturated heterocycles. The first-order valence-corrected chi connectivity index (χ1v) is 3.87. The molecule has 0 radical (unpaired) electrons. The Morgan fingerprint density at radius 3 is 2.60 bits per heavy atom. The molecule has 1 N–H and O–H groups in total. The molecular weight excluding hydrogens is 211 g/mol. The molecule has 0 heterocycles. The van der Waals surface area contributed by atoms with Crippen molar-refractivity contribution in [2.75, 3.05) is 0 Å². The Morgan fingerprint density at radius 1 is 1.40 bits per heavy atom. The second-order valence-electron chi connectivity index (χ2n) is 2.67. The third kappa shape index (κ3) is 3.38. The lowest BCUT2D eigenvalue weighted by Crippen LogP contribution is -2.18. The Kier molecular flexibility index (Phi) is 3.04. The second kappa shape index (κ2) is 4.09. The molecule has 3 nitrogen and oxygen atoms in total. The van der Waals surface area contributed by atoms with E-state index in [9.17, 15) is 13.2 Å². The van der Waals surface area contributed by atoms with E-state index in [1.807, 2.05) is 0 Å². The number of halogens is 3. The first-order valence-electron chi connectivity index (χ1n) is 3.87. The minimum absolute atomic E-state index is 0.0765. The van der Waals surface area contributed by atoms with E-state index in [1.165, 1.54) is 12.1 Å². The summed E-state index contributed by atoms with van der Waals surface area (Å²) in [6.07, 6.45) is -5.05. The van der Waals surface area contributed by atoms with Gasteiger partial charge in [0.05, 0.1) is 12.5 Å². The van der Waals surface area contributed by atoms with E-state index in [1.54, 1.807) is 6.07 Å². The normalized spacial score (nSPS) is 10.8. The van der Waals surface area contributed by atoms with Crippen molar-refractivity contribution in [3.8, 4) is 17.6 Å². The standard InChI is InChI=1S/C9H6F3NO2/c10-9(11,12)15-8-5-7(14)2-1-6(8)3-4-13/h1-2,5,14H,3H2. The highest BCUT2D eigenvalue weighted by atomic mass is 19.4. The molecule has 0 aliphatic carbocycles. The van der Waals surface area contributed by atoms with Gasteiger partial charge in [0.25, 0.3) is 0 Å². The van der Waals surface area contributed by atoms with Gasteiger partial charge in [-0.15, -0.1) is 13.2 Å². The zero-order chi connectivity index (χ0) is 11.5. The van der Waals surface area contributed by atoms with Gasteiger partial charge in [-0.05, 0) is 6.07 Å². The van der Waals surface area contributed by atoms with Crippen molar-refractivity contribution in [2.45, 2.75) is 12.8 Å². The topological polar surface area (TPSA) is 53.2 Å². The van der Waals surface area contributed by atoms with Crippen molar-refractivity contribution < 1.29 is 23.0 Å². The number of hydrogen-bond donors (Lipinski definition) is 1. The van der Waals surface area contributed by atoms with Gasteiger partial charge in [-0.2, -0.15) is 5.26 Å². The molecule has 0 amide bonds. The average Bonchev–Trinajstić information content (AvgIpc) is 2.07. The van der Waals surface area contributed by atoms with Crippen LogP contribution in [0.5, 0.6) is 11.5 Å². The fourth-order valence-electron chi connectivity index (χ4n) is 0.994. The molecule has 0 spiro atoms. The van der Waals surface area contributed by atoms with Crippen molar-refractivity contribution in [3.63, 3.8) is 0 Å². The molecule has 0 aromatic heterocycles. The molecular formula is C9H6F3NO2. The largest absolute Gasteiger partial charge is 0.573 e. The smallest absolute Gasteiger partial charge is 0.508 e. The van der Waals surface area contributed by atoms with E-state index in [2.05, 4.69) is 4.74 Å². The number of ether oxygens (including phenoxy) is 1. The van der Waals surface area contributed by atoms with Gasteiger partial charge in [0.15, 0.2) is 0 Å². The Hall–Kier alpha value is -1.90. The van der Waals surface area contributed by atoms with Crippen molar-refractivity contribution >= 4 is 0 Å².